The molecule has 0 heterocycles. The van der Waals surface area contributed by atoms with Gasteiger partial charge in [0.25, 0.3) is 0 Å². The van der Waals surface area contributed by atoms with Crippen molar-refractivity contribution in [2.75, 3.05) is 19.9 Å². The summed E-state index contributed by atoms with van der Waals surface area (Å²) < 4.78 is 35.2. The molecule has 78 valence electrons. The van der Waals surface area contributed by atoms with Gasteiger partial charge in [-0.05, 0) is 6.42 Å². The Morgan fingerprint density at radius 2 is 1.85 bits per heavy atom. The lowest BCUT2D eigenvalue weighted by molar-refractivity contribution is -0.189. The zero-order valence-corrected chi connectivity index (χ0v) is 6.71. The highest BCUT2D eigenvalue weighted by Gasteiger charge is 2.41. The van der Waals surface area contributed by atoms with E-state index in [0.717, 1.165) is 0 Å². The van der Waals surface area contributed by atoms with Gasteiger partial charge < -0.3 is 15.1 Å². The van der Waals surface area contributed by atoms with Crippen molar-refractivity contribution in [1.29, 1.82) is 0 Å². The van der Waals surface area contributed by atoms with E-state index in [-0.39, 0.29) is 24.5 Å². The van der Waals surface area contributed by atoms with Crippen molar-refractivity contribution in [3.05, 3.63) is 0 Å². The first-order valence-electron chi connectivity index (χ1n) is 3.51. The molecule has 0 aliphatic rings. The number of amides is 1. The van der Waals surface area contributed by atoms with E-state index in [0.29, 0.717) is 0 Å². The fourth-order valence-electron chi connectivity index (χ4n) is 0.677. The maximum atomic E-state index is 11.7. The van der Waals surface area contributed by atoms with Gasteiger partial charge in [0.1, 0.15) is 6.73 Å². The zero-order chi connectivity index (χ0) is 10.5. The lowest BCUT2D eigenvalue weighted by Crippen LogP contribution is -2.42. The summed E-state index contributed by atoms with van der Waals surface area (Å²) in [6.45, 7) is -1.65. The molecule has 7 heteroatoms. The van der Waals surface area contributed by atoms with Gasteiger partial charge >= 0.3 is 12.1 Å². The first-order chi connectivity index (χ1) is 5.93. The van der Waals surface area contributed by atoms with Crippen LogP contribution in [0.4, 0.5) is 13.2 Å². The quantitative estimate of drug-likeness (QED) is 0.614. The van der Waals surface area contributed by atoms with Crippen LogP contribution in [0.25, 0.3) is 0 Å². The first kappa shape index (κ1) is 12.2. The fraction of sp³-hybridized carbons (Fsp3) is 0.833. The van der Waals surface area contributed by atoms with Crippen molar-refractivity contribution in [3.8, 4) is 0 Å². The lowest BCUT2D eigenvalue weighted by Gasteiger charge is -2.20. The van der Waals surface area contributed by atoms with E-state index in [1.807, 2.05) is 0 Å². The van der Waals surface area contributed by atoms with Crippen LogP contribution in [0.1, 0.15) is 6.42 Å². The Hall–Kier alpha value is -0.820. The van der Waals surface area contributed by atoms with Crippen molar-refractivity contribution in [2.24, 2.45) is 0 Å². The molecule has 0 saturated carbocycles. The first-order valence-corrected chi connectivity index (χ1v) is 3.51. The average Bonchev–Trinajstić information content (AvgIpc) is 2.04. The minimum atomic E-state index is -4.97. The maximum Gasteiger partial charge on any atom is 0.471 e. The summed E-state index contributed by atoms with van der Waals surface area (Å²) in [6, 6.07) is 0. The van der Waals surface area contributed by atoms with E-state index in [1.54, 1.807) is 0 Å². The summed E-state index contributed by atoms with van der Waals surface area (Å²) in [4.78, 5) is 10.7. The molecule has 0 radical (unpaired) electrons. The number of rotatable bonds is 4. The third-order valence-electron chi connectivity index (χ3n) is 1.29. The SMILES string of the molecule is O=C(N(CO)CCCO)C(F)(F)F. The van der Waals surface area contributed by atoms with Crippen LogP contribution in [0.15, 0.2) is 0 Å². The minimum absolute atomic E-state index is 0.00236. The molecular weight excluding hydrogens is 191 g/mol. The van der Waals surface area contributed by atoms with Crippen molar-refractivity contribution in [1.82, 2.24) is 4.90 Å². The van der Waals surface area contributed by atoms with E-state index in [1.165, 1.54) is 0 Å². The summed E-state index contributed by atoms with van der Waals surface area (Å²) >= 11 is 0. The summed E-state index contributed by atoms with van der Waals surface area (Å²) in [5, 5.41) is 16.7. The second kappa shape index (κ2) is 5.03. The van der Waals surface area contributed by atoms with E-state index in [4.69, 9.17) is 10.2 Å². The molecule has 0 aromatic heterocycles. The molecule has 0 bridgehead atoms. The van der Waals surface area contributed by atoms with Gasteiger partial charge in [-0.15, -0.1) is 0 Å². The molecule has 0 fully saturated rings. The van der Waals surface area contributed by atoms with Gasteiger partial charge in [0, 0.05) is 13.2 Å². The fourth-order valence-corrected chi connectivity index (χ4v) is 0.677. The second-order valence-electron chi connectivity index (χ2n) is 2.28. The number of halogens is 3. The van der Waals surface area contributed by atoms with Gasteiger partial charge in [-0.25, -0.2) is 0 Å². The van der Waals surface area contributed by atoms with Crippen LogP contribution in [-0.2, 0) is 4.79 Å². The van der Waals surface area contributed by atoms with Gasteiger partial charge in [0.2, 0.25) is 0 Å². The molecule has 2 N–H and O–H groups in total. The molecule has 13 heavy (non-hydrogen) atoms. The molecule has 0 aliphatic carbocycles. The van der Waals surface area contributed by atoms with Crippen LogP contribution in [-0.4, -0.2) is 47.1 Å². The lowest BCUT2D eigenvalue weighted by atomic mass is 10.4. The summed E-state index contributed by atoms with van der Waals surface area (Å²) in [5.74, 6) is -2.09. The van der Waals surface area contributed by atoms with Gasteiger partial charge in [-0.2, -0.15) is 13.2 Å². The number of hydrogen-bond donors (Lipinski definition) is 2. The van der Waals surface area contributed by atoms with E-state index in [2.05, 4.69) is 0 Å². The Labute approximate surface area is 72.6 Å². The number of nitrogens with zero attached hydrogens (tertiary/aromatic N) is 1. The number of aliphatic hydroxyl groups is 2. The Morgan fingerprint density at radius 1 is 1.31 bits per heavy atom. The van der Waals surface area contributed by atoms with Crippen LogP contribution in [0.5, 0.6) is 0 Å². The average molecular weight is 201 g/mol. The second-order valence-corrected chi connectivity index (χ2v) is 2.28. The molecular formula is C6H10F3NO3. The Morgan fingerprint density at radius 3 is 2.15 bits per heavy atom. The smallest absolute Gasteiger partial charge is 0.396 e. The topological polar surface area (TPSA) is 60.8 Å². The van der Waals surface area contributed by atoms with Gasteiger partial charge in [0.05, 0.1) is 0 Å². The number of carbonyl (C=O) groups is 1. The Kier molecular flexibility index (Phi) is 4.71. The van der Waals surface area contributed by atoms with Gasteiger partial charge in [-0.1, -0.05) is 0 Å². The highest BCUT2D eigenvalue weighted by atomic mass is 19.4. The highest BCUT2D eigenvalue weighted by molar-refractivity contribution is 5.81. The normalized spacial score (nSPS) is 11.5. The molecule has 0 atom stereocenters. The summed E-state index contributed by atoms with van der Waals surface area (Å²) in [7, 11) is 0. The predicted octanol–water partition coefficient (Wildman–Crippen LogP) is -0.290. The third kappa shape index (κ3) is 4.09. The van der Waals surface area contributed by atoms with Gasteiger partial charge in [0.15, 0.2) is 0 Å². The van der Waals surface area contributed by atoms with Crippen molar-refractivity contribution < 1.29 is 28.2 Å². The van der Waals surface area contributed by atoms with Crippen LogP contribution in [0, 0.1) is 0 Å². The Balaban J connectivity index is 4.16. The third-order valence-corrected chi connectivity index (χ3v) is 1.29. The number of alkyl halides is 3. The van der Waals surface area contributed by atoms with Crippen LogP contribution in [0.2, 0.25) is 0 Å². The van der Waals surface area contributed by atoms with E-state index in [9.17, 15) is 18.0 Å². The molecule has 0 aliphatic heterocycles. The van der Waals surface area contributed by atoms with E-state index >= 15 is 0 Å². The predicted molar refractivity (Wildman–Crippen MR) is 36.6 cm³/mol. The number of carbonyl (C=O) groups excluding carboxylic acids is 1. The largest absolute Gasteiger partial charge is 0.471 e. The molecule has 0 rings (SSSR count). The standard InChI is InChI=1S/C6H10F3NO3/c7-6(8,9)5(13)10(4-12)2-1-3-11/h11-12H,1-4H2. The number of aliphatic hydroxyl groups excluding tert-OH is 2. The van der Waals surface area contributed by atoms with Crippen molar-refractivity contribution >= 4 is 5.91 Å². The van der Waals surface area contributed by atoms with E-state index < -0.39 is 18.8 Å². The van der Waals surface area contributed by atoms with Crippen molar-refractivity contribution in [3.63, 3.8) is 0 Å². The molecule has 0 spiro atoms. The van der Waals surface area contributed by atoms with Crippen LogP contribution < -0.4 is 0 Å². The Bertz CT molecular complexity index is 171. The van der Waals surface area contributed by atoms with Crippen LogP contribution in [0.3, 0.4) is 0 Å². The zero-order valence-electron chi connectivity index (χ0n) is 6.71. The summed E-state index contributed by atoms with van der Waals surface area (Å²) in [6.07, 6.45) is -4.97. The van der Waals surface area contributed by atoms with Crippen molar-refractivity contribution in [2.45, 2.75) is 12.6 Å². The molecule has 0 aromatic carbocycles. The minimum Gasteiger partial charge on any atom is -0.396 e. The molecule has 0 aromatic rings. The maximum absolute atomic E-state index is 11.7. The number of hydrogen-bond acceptors (Lipinski definition) is 3. The molecule has 1 amide bonds. The highest BCUT2D eigenvalue weighted by Crippen LogP contribution is 2.17. The molecule has 0 unspecified atom stereocenters. The molecule has 4 nitrogen and oxygen atoms in total. The van der Waals surface area contributed by atoms with Crippen LogP contribution >= 0.6 is 0 Å². The molecule has 0 saturated heterocycles. The monoisotopic (exact) mass is 201 g/mol. The van der Waals surface area contributed by atoms with Gasteiger partial charge in [-0.3, -0.25) is 4.79 Å². The summed E-state index contributed by atoms with van der Waals surface area (Å²) in [5.41, 5.74) is 0.